The number of hydrogen-bond donors (Lipinski definition) is 1. The molecule has 1 aliphatic heterocycles. The third-order valence-corrected chi connectivity index (χ3v) is 6.29. The van der Waals surface area contributed by atoms with Gasteiger partial charge in [-0.25, -0.2) is 0 Å². The fraction of sp³-hybridized carbons (Fsp3) is 0.200. The fourth-order valence-corrected chi connectivity index (χ4v) is 4.82. The maximum Gasteiger partial charge on any atom is 0.161 e. The summed E-state index contributed by atoms with van der Waals surface area (Å²) in [5.74, 6) is 0.184. The molecular weight excluding hydrogens is 410 g/mol. The first-order valence-corrected chi connectivity index (χ1v) is 10.0. The molecule has 0 amide bonds. The molecule has 0 bridgehead atoms. The number of Topliss-reactive ketones (excluding diaryl/α,β-unsaturated/α-hetero) is 1. The molecule has 2 N–H and O–H groups in total. The molecule has 0 spiro atoms. The van der Waals surface area contributed by atoms with Gasteiger partial charge in [0, 0.05) is 32.7 Å². The van der Waals surface area contributed by atoms with Crippen molar-refractivity contribution >= 4 is 38.7 Å². The number of nitrogens with zero attached hydrogens (tertiary/aromatic N) is 2. The van der Waals surface area contributed by atoms with E-state index in [0.717, 1.165) is 39.1 Å². The summed E-state index contributed by atoms with van der Waals surface area (Å²) in [7, 11) is 0. The molecule has 6 heteroatoms. The minimum atomic E-state index is -0.352. The lowest BCUT2D eigenvalue weighted by Crippen LogP contribution is -2.38. The number of halogens is 1. The highest BCUT2D eigenvalue weighted by Gasteiger charge is 2.40. The normalized spacial score (nSPS) is 20.2. The lowest BCUT2D eigenvalue weighted by molar-refractivity contribution is -0.116. The monoisotopic (exact) mass is 425 g/mol. The van der Waals surface area contributed by atoms with E-state index in [1.165, 1.54) is 0 Å². The molecule has 1 aliphatic carbocycles. The molecule has 4 rings (SSSR count). The highest BCUT2D eigenvalue weighted by atomic mass is 79.9. The summed E-state index contributed by atoms with van der Waals surface area (Å²) in [5, 5.41) is 11.8. The van der Waals surface area contributed by atoms with Crippen LogP contribution in [-0.4, -0.2) is 5.78 Å². The van der Waals surface area contributed by atoms with Crippen molar-refractivity contribution in [3.8, 4) is 6.07 Å². The second-order valence-electron chi connectivity index (χ2n) is 6.31. The van der Waals surface area contributed by atoms with E-state index in [1.54, 1.807) is 11.3 Å². The summed E-state index contributed by atoms with van der Waals surface area (Å²) in [6.07, 6.45) is 2.10. The summed E-state index contributed by atoms with van der Waals surface area (Å²) < 4.78 is 0.965. The summed E-state index contributed by atoms with van der Waals surface area (Å²) in [6.45, 7) is 0. The van der Waals surface area contributed by atoms with E-state index in [4.69, 9.17) is 5.73 Å². The molecule has 0 saturated heterocycles. The van der Waals surface area contributed by atoms with Crippen LogP contribution in [0.25, 0.3) is 0 Å². The highest BCUT2D eigenvalue weighted by Crippen LogP contribution is 2.47. The SMILES string of the molecule is N#CC1=C(N)N(c2ccc(Br)cc2)C2=C(C(=O)CCC2)[C@@H]1c1cccs1. The summed E-state index contributed by atoms with van der Waals surface area (Å²) in [6, 6.07) is 14.0. The summed E-state index contributed by atoms with van der Waals surface area (Å²) in [5.41, 5.74) is 9.46. The Morgan fingerprint density at radius 1 is 1.23 bits per heavy atom. The quantitative estimate of drug-likeness (QED) is 0.748. The van der Waals surface area contributed by atoms with Gasteiger partial charge in [0.15, 0.2) is 5.78 Å². The van der Waals surface area contributed by atoms with E-state index in [1.807, 2.05) is 46.7 Å². The molecule has 0 radical (unpaired) electrons. The lowest BCUT2D eigenvalue weighted by atomic mass is 9.78. The summed E-state index contributed by atoms with van der Waals surface area (Å²) >= 11 is 5.00. The van der Waals surface area contributed by atoms with Gasteiger partial charge >= 0.3 is 0 Å². The van der Waals surface area contributed by atoms with Gasteiger partial charge in [-0.3, -0.25) is 9.69 Å². The number of nitriles is 1. The zero-order valence-corrected chi connectivity index (χ0v) is 16.3. The van der Waals surface area contributed by atoms with Crippen LogP contribution in [0.3, 0.4) is 0 Å². The minimum absolute atomic E-state index is 0.118. The number of rotatable bonds is 2. The van der Waals surface area contributed by atoms with Crippen LogP contribution in [0.5, 0.6) is 0 Å². The van der Waals surface area contributed by atoms with E-state index in [9.17, 15) is 10.1 Å². The number of thiophene rings is 1. The molecule has 2 aromatic rings. The predicted octanol–water partition coefficient (Wildman–Crippen LogP) is 4.82. The van der Waals surface area contributed by atoms with Crippen LogP contribution < -0.4 is 10.6 Å². The van der Waals surface area contributed by atoms with Crippen molar-refractivity contribution in [1.82, 2.24) is 0 Å². The molecule has 4 nitrogen and oxygen atoms in total. The predicted molar refractivity (Wildman–Crippen MR) is 106 cm³/mol. The third-order valence-electron chi connectivity index (χ3n) is 4.83. The van der Waals surface area contributed by atoms with Crippen LogP contribution in [0.15, 0.2) is 68.9 Å². The number of nitrogens with two attached hydrogens (primary N) is 1. The van der Waals surface area contributed by atoms with Gasteiger partial charge in [0.05, 0.1) is 17.6 Å². The number of ketones is 1. The molecule has 2 aliphatic rings. The van der Waals surface area contributed by atoms with Crippen molar-refractivity contribution < 1.29 is 4.79 Å². The van der Waals surface area contributed by atoms with Gasteiger partial charge in [0.2, 0.25) is 0 Å². The Balaban J connectivity index is 1.96. The average molecular weight is 426 g/mol. The molecule has 1 atom stereocenters. The number of benzene rings is 1. The van der Waals surface area contributed by atoms with E-state index in [0.29, 0.717) is 17.8 Å². The second kappa shape index (κ2) is 6.75. The van der Waals surface area contributed by atoms with Crippen molar-refractivity contribution in [2.75, 3.05) is 4.90 Å². The molecule has 0 fully saturated rings. The number of carbonyl (C=O) groups is 1. The largest absolute Gasteiger partial charge is 0.384 e. The van der Waals surface area contributed by atoms with Crippen LogP contribution in [0, 0.1) is 11.3 Å². The third kappa shape index (κ3) is 2.68. The maximum absolute atomic E-state index is 12.9. The van der Waals surface area contributed by atoms with Crippen molar-refractivity contribution in [1.29, 1.82) is 5.26 Å². The zero-order chi connectivity index (χ0) is 18.3. The Morgan fingerprint density at radius 2 is 2.00 bits per heavy atom. The molecule has 0 saturated carbocycles. The standard InChI is InChI=1S/C20H16BrN3OS/c21-12-6-8-13(9-7-12)24-15-3-1-4-16(25)19(15)18(14(11-22)20(24)23)17-5-2-10-26-17/h2,5-10,18H,1,3-4,23H2/t18-/m0/s1. The van der Waals surface area contributed by atoms with Gasteiger partial charge in [-0.05, 0) is 48.6 Å². The van der Waals surface area contributed by atoms with Gasteiger partial charge in [-0.2, -0.15) is 5.26 Å². The van der Waals surface area contributed by atoms with Gasteiger partial charge in [0.25, 0.3) is 0 Å². The Morgan fingerprint density at radius 3 is 2.65 bits per heavy atom. The molecule has 1 aromatic carbocycles. The average Bonchev–Trinajstić information content (AvgIpc) is 3.16. The number of carbonyl (C=O) groups excluding carboxylic acids is 1. The molecule has 0 unspecified atom stereocenters. The molecule has 130 valence electrons. The Hall–Kier alpha value is -2.36. The highest BCUT2D eigenvalue weighted by molar-refractivity contribution is 9.10. The molecular formula is C20H16BrN3OS. The smallest absolute Gasteiger partial charge is 0.161 e. The maximum atomic E-state index is 12.9. The second-order valence-corrected chi connectivity index (χ2v) is 8.20. The van der Waals surface area contributed by atoms with Gasteiger partial charge < -0.3 is 5.73 Å². The first kappa shape index (κ1) is 17.1. The van der Waals surface area contributed by atoms with E-state index in [2.05, 4.69) is 22.0 Å². The van der Waals surface area contributed by atoms with Crippen LogP contribution in [-0.2, 0) is 4.79 Å². The molecule has 2 heterocycles. The van der Waals surface area contributed by atoms with Crippen LogP contribution in [0.1, 0.15) is 30.1 Å². The fourth-order valence-electron chi connectivity index (χ4n) is 3.71. The topological polar surface area (TPSA) is 70.1 Å². The lowest BCUT2D eigenvalue weighted by Gasteiger charge is -2.39. The van der Waals surface area contributed by atoms with Crippen molar-refractivity contribution in [2.45, 2.75) is 25.2 Å². The minimum Gasteiger partial charge on any atom is -0.384 e. The first-order valence-electron chi connectivity index (χ1n) is 8.37. The Kier molecular flexibility index (Phi) is 4.43. The Labute approximate surface area is 164 Å². The van der Waals surface area contributed by atoms with Gasteiger partial charge in [0.1, 0.15) is 5.82 Å². The number of hydrogen-bond acceptors (Lipinski definition) is 5. The molecule has 26 heavy (non-hydrogen) atoms. The van der Waals surface area contributed by atoms with Crippen LogP contribution >= 0.6 is 27.3 Å². The van der Waals surface area contributed by atoms with Crippen molar-refractivity contribution in [3.63, 3.8) is 0 Å². The van der Waals surface area contributed by atoms with E-state index < -0.39 is 0 Å². The van der Waals surface area contributed by atoms with Crippen molar-refractivity contribution in [3.05, 3.63) is 73.8 Å². The van der Waals surface area contributed by atoms with Crippen LogP contribution in [0.2, 0.25) is 0 Å². The van der Waals surface area contributed by atoms with Gasteiger partial charge in [-0.15, -0.1) is 11.3 Å². The molecule has 1 aromatic heterocycles. The summed E-state index contributed by atoms with van der Waals surface area (Å²) in [4.78, 5) is 15.8. The van der Waals surface area contributed by atoms with E-state index >= 15 is 0 Å². The van der Waals surface area contributed by atoms with Crippen LogP contribution in [0.4, 0.5) is 5.69 Å². The number of allylic oxidation sites excluding steroid dienone is 3. The van der Waals surface area contributed by atoms with E-state index in [-0.39, 0.29) is 11.7 Å². The van der Waals surface area contributed by atoms with Crippen molar-refractivity contribution in [2.24, 2.45) is 5.73 Å². The first-order chi connectivity index (χ1) is 12.6. The zero-order valence-electron chi connectivity index (χ0n) is 13.9. The van der Waals surface area contributed by atoms with Gasteiger partial charge in [-0.1, -0.05) is 22.0 Å². The number of anilines is 1. The Bertz CT molecular complexity index is 967.